The highest BCUT2D eigenvalue weighted by molar-refractivity contribution is 5.83. The third kappa shape index (κ3) is 3.24. The Morgan fingerprint density at radius 1 is 1.21 bits per heavy atom. The zero-order valence-corrected chi connectivity index (χ0v) is 11.7. The molecule has 0 bridgehead atoms. The number of nitrogens with zero attached hydrogens (tertiary/aromatic N) is 4. The third-order valence-electron chi connectivity index (χ3n) is 2.88. The van der Waals surface area contributed by atoms with Crippen LogP contribution in [0.5, 0.6) is 0 Å². The van der Waals surface area contributed by atoms with Gasteiger partial charge < -0.3 is 0 Å². The van der Waals surface area contributed by atoms with E-state index in [4.69, 9.17) is 0 Å². The summed E-state index contributed by atoms with van der Waals surface area (Å²) in [5, 5.41) is 12.1. The lowest BCUT2D eigenvalue weighted by molar-refractivity contribution is -0.127. The van der Waals surface area contributed by atoms with E-state index in [0.717, 1.165) is 5.56 Å². The van der Waals surface area contributed by atoms with Crippen molar-refractivity contribution in [1.82, 2.24) is 20.2 Å². The number of tetrazole rings is 1. The highest BCUT2D eigenvalue weighted by Crippen LogP contribution is 2.16. The molecule has 1 heterocycles. The van der Waals surface area contributed by atoms with Gasteiger partial charge in [0.05, 0.1) is 0 Å². The van der Waals surface area contributed by atoms with E-state index < -0.39 is 5.41 Å². The van der Waals surface area contributed by atoms with Crippen LogP contribution in [0, 0.1) is 12.3 Å². The molecule has 0 amide bonds. The predicted molar refractivity (Wildman–Crippen MR) is 72.5 cm³/mol. The van der Waals surface area contributed by atoms with E-state index in [1.807, 2.05) is 52.0 Å². The number of hydrogen-bond acceptors (Lipinski definition) is 4. The molecule has 0 fully saturated rings. The van der Waals surface area contributed by atoms with Gasteiger partial charge >= 0.3 is 0 Å². The molecule has 2 rings (SSSR count). The van der Waals surface area contributed by atoms with Gasteiger partial charge in [0.15, 0.2) is 5.78 Å². The number of ketones is 1. The first kappa shape index (κ1) is 13.4. The summed E-state index contributed by atoms with van der Waals surface area (Å²) in [6.07, 6.45) is 0. The number of aryl methyl sites for hydroxylation is 1. The average molecular weight is 258 g/mol. The van der Waals surface area contributed by atoms with Crippen molar-refractivity contribution in [3.05, 3.63) is 29.8 Å². The number of rotatable bonds is 3. The molecule has 5 heteroatoms. The van der Waals surface area contributed by atoms with E-state index in [9.17, 15) is 4.79 Å². The first-order valence-corrected chi connectivity index (χ1v) is 6.24. The monoisotopic (exact) mass is 258 g/mol. The smallest absolute Gasteiger partial charge is 0.204 e. The lowest BCUT2D eigenvalue weighted by atomic mass is 9.91. The van der Waals surface area contributed by atoms with Gasteiger partial charge in [0.1, 0.15) is 6.54 Å². The van der Waals surface area contributed by atoms with E-state index in [1.165, 1.54) is 10.4 Å². The Hall–Kier alpha value is -2.04. The van der Waals surface area contributed by atoms with Crippen LogP contribution in [0.15, 0.2) is 24.3 Å². The molecule has 100 valence electrons. The molecule has 0 N–H and O–H groups in total. The van der Waals surface area contributed by atoms with Crippen LogP contribution >= 0.6 is 0 Å². The van der Waals surface area contributed by atoms with Crippen LogP contribution in [0.2, 0.25) is 0 Å². The molecule has 0 spiro atoms. The first-order valence-electron chi connectivity index (χ1n) is 6.24. The summed E-state index contributed by atoms with van der Waals surface area (Å²) in [6, 6.07) is 7.89. The fourth-order valence-corrected chi connectivity index (χ4v) is 1.49. The van der Waals surface area contributed by atoms with E-state index in [2.05, 4.69) is 15.4 Å². The quantitative estimate of drug-likeness (QED) is 0.847. The second-order valence-corrected chi connectivity index (χ2v) is 5.68. The number of aromatic nitrogens is 4. The molecule has 5 nitrogen and oxygen atoms in total. The van der Waals surface area contributed by atoms with Gasteiger partial charge in [0, 0.05) is 11.0 Å². The van der Waals surface area contributed by atoms with Gasteiger partial charge in [0.25, 0.3) is 0 Å². The van der Waals surface area contributed by atoms with Crippen LogP contribution in [-0.4, -0.2) is 26.0 Å². The lowest BCUT2D eigenvalue weighted by Gasteiger charge is -2.15. The molecule has 0 aliphatic carbocycles. The average Bonchev–Trinajstić information content (AvgIpc) is 2.77. The van der Waals surface area contributed by atoms with Crippen molar-refractivity contribution in [2.24, 2.45) is 5.41 Å². The maximum atomic E-state index is 11.9. The van der Waals surface area contributed by atoms with Gasteiger partial charge in [0.2, 0.25) is 5.82 Å². The molecule has 0 unspecified atom stereocenters. The van der Waals surface area contributed by atoms with Crippen molar-refractivity contribution in [2.45, 2.75) is 34.2 Å². The summed E-state index contributed by atoms with van der Waals surface area (Å²) >= 11 is 0. The third-order valence-corrected chi connectivity index (χ3v) is 2.88. The zero-order valence-electron chi connectivity index (χ0n) is 11.7. The molecule has 0 saturated carbocycles. The number of Topliss-reactive ketones (excluding diaryl/α,β-unsaturated/α-hetero) is 1. The topological polar surface area (TPSA) is 60.7 Å². The van der Waals surface area contributed by atoms with Crippen LogP contribution in [0.4, 0.5) is 0 Å². The van der Waals surface area contributed by atoms with Crippen molar-refractivity contribution < 1.29 is 4.79 Å². The largest absolute Gasteiger partial charge is 0.297 e. The number of carbonyl (C=O) groups is 1. The van der Waals surface area contributed by atoms with Gasteiger partial charge in [-0.2, -0.15) is 4.80 Å². The molecular formula is C14H18N4O. The minimum Gasteiger partial charge on any atom is -0.297 e. The molecule has 0 atom stereocenters. The Morgan fingerprint density at radius 2 is 1.84 bits per heavy atom. The molecule has 1 aromatic carbocycles. The Kier molecular flexibility index (Phi) is 3.46. The second-order valence-electron chi connectivity index (χ2n) is 5.68. The molecule has 0 saturated heterocycles. The molecule has 19 heavy (non-hydrogen) atoms. The van der Waals surface area contributed by atoms with Crippen molar-refractivity contribution in [1.29, 1.82) is 0 Å². The summed E-state index contributed by atoms with van der Waals surface area (Å²) in [5.74, 6) is 0.627. The summed E-state index contributed by atoms with van der Waals surface area (Å²) in [6.45, 7) is 7.83. The molecule has 0 aliphatic heterocycles. The first-order chi connectivity index (χ1) is 8.86. The van der Waals surface area contributed by atoms with Crippen molar-refractivity contribution in [2.75, 3.05) is 0 Å². The van der Waals surface area contributed by atoms with E-state index in [1.54, 1.807) is 0 Å². The van der Waals surface area contributed by atoms with E-state index >= 15 is 0 Å². The molecule has 0 aliphatic rings. The van der Waals surface area contributed by atoms with Gasteiger partial charge in [-0.1, -0.05) is 50.6 Å². The van der Waals surface area contributed by atoms with E-state index in [0.29, 0.717) is 5.82 Å². The van der Waals surface area contributed by atoms with Crippen molar-refractivity contribution >= 4 is 5.78 Å². The zero-order chi connectivity index (χ0) is 14.0. The summed E-state index contributed by atoms with van der Waals surface area (Å²) < 4.78 is 0. The van der Waals surface area contributed by atoms with Crippen LogP contribution < -0.4 is 0 Å². The molecule has 1 aromatic heterocycles. The summed E-state index contributed by atoms with van der Waals surface area (Å²) in [7, 11) is 0. The molecule has 0 radical (unpaired) electrons. The Balaban J connectivity index is 2.16. The summed E-state index contributed by atoms with van der Waals surface area (Å²) in [4.78, 5) is 13.2. The van der Waals surface area contributed by atoms with Crippen molar-refractivity contribution in [3.8, 4) is 11.4 Å². The fourth-order valence-electron chi connectivity index (χ4n) is 1.49. The van der Waals surface area contributed by atoms with E-state index in [-0.39, 0.29) is 12.3 Å². The predicted octanol–water partition coefficient (Wildman–Crippen LogP) is 2.26. The molecular weight excluding hydrogens is 240 g/mol. The van der Waals surface area contributed by atoms with Crippen LogP contribution in [0.25, 0.3) is 11.4 Å². The molecule has 2 aromatic rings. The lowest BCUT2D eigenvalue weighted by Crippen LogP contribution is -2.26. The Bertz CT molecular complexity index is 578. The van der Waals surface area contributed by atoms with Gasteiger partial charge in [-0.15, -0.1) is 10.2 Å². The maximum Gasteiger partial charge on any atom is 0.204 e. The Labute approximate surface area is 112 Å². The van der Waals surface area contributed by atoms with Gasteiger partial charge in [-0.25, -0.2) is 0 Å². The van der Waals surface area contributed by atoms with Gasteiger partial charge in [-0.3, -0.25) is 4.79 Å². The number of carbonyl (C=O) groups excluding carboxylic acids is 1. The highest BCUT2D eigenvalue weighted by atomic mass is 16.1. The highest BCUT2D eigenvalue weighted by Gasteiger charge is 2.22. The Morgan fingerprint density at radius 3 is 2.42 bits per heavy atom. The second kappa shape index (κ2) is 4.91. The fraction of sp³-hybridized carbons (Fsp3) is 0.429. The SMILES string of the molecule is Cc1ccc(-c2nnn(CC(=O)C(C)(C)C)n2)cc1. The standard InChI is InChI=1S/C14H18N4O/c1-10-5-7-11(8-6-10)13-15-17-18(16-13)9-12(19)14(2,3)4/h5-8H,9H2,1-4H3. The summed E-state index contributed by atoms with van der Waals surface area (Å²) in [5.41, 5.74) is 1.69. The van der Waals surface area contributed by atoms with Crippen LogP contribution in [0.3, 0.4) is 0 Å². The minimum absolute atomic E-state index is 0.0837. The van der Waals surface area contributed by atoms with Crippen molar-refractivity contribution in [3.63, 3.8) is 0 Å². The van der Waals surface area contributed by atoms with Crippen LogP contribution in [0.1, 0.15) is 26.3 Å². The number of benzene rings is 1. The van der Waals surface area contributed by atoms with Gasteiger partial charge in [-0.05, 0) is 12.1 Å². The number of hydrogen-bond donors (Lipinski definition) is 0. The normalized spacial score (nSPS) is 11.6. The van der Waals surface area contributed by atoms with Crippen LogP contribution in [-0.2, 0) is 11.3 Å². The minimum atomic E-state index is -0.391. The maximum absolute atomic E-state index is 11.9.